The number of para-hydroxylation sites is 1. The molecule has 0 aliphatic rings. The van der Waals surface area contributed by atoms with Crippen LogP contribution in [-0.2, 0) is 7.05 Å². The molecule has 0 N–H and O–H groups in total. The maximum absolute atomic E-state index is 13.2. The summed E-state index contributed by atoms with van der Waals surface area (Å²) < 4.78 is 1.61. The average Bonchev–Trinajstić information content (AvgIpc) is 2.94. The molecular formula is C18H24N4O2. The van der Waals surface area contributed by atoms with E-state index in [1.54, 1.807) is 53.2 Å². The van der Waals surface area contributed by atoms with E-state index in [0.29, 0.717) is 5.69 Å². The van der Waals surface area contributed by atoms with Gasteiger partial charge in [-0.15, -0.1) is 0 Å². The van der Waals surface area contributed by atoms with Gasteiger partial charge in [-0.25, -0.2) is 14.7 Å². The van der Waals surface area contributed by atoms with E-state index in [1.165, 1.54) is 4.90 Å². The first-order chi connectivity index (χ1) is 11.3. The van der Waals surface area contributed by atoms with Gasteiger partial charge in [0, 0.05) is 31.5 Å². The Bertz CT molecular complexity index is 699. The van der Waals surface area contributed by atoms with Crippen LogP contribution < -0.4 is 4.90 Å². The predicted molar refractivity (Wildman–Crippen MR) is 94.0 cm³/mol. The van der Waals surface area contributed by atoms with E-state index < -0.39 is 5.91 Å². The van der Waals surface area contributed by atoms with Crippen LogP contribution in [-0.4, -0.2) is 38.5 Å². The van der Waals surface area contributed by atoms with Gasteiger partial charge in [-0.05, 0) is 39.8 Å². The highest BCUT2D eigenvalue weighted by molar-refractivity contribution is 6.19. The lowest BCUT2D eigenvalue weighted by atomic mass is 10.2. The third kappa shape index (κ3) is 3.48. The number of hydrogen-bond acceptors (Lipinski definition) is 3. The summed E-state index contributed by atoms with van der Waals surface area (Å²) in [7, 11) is 1.73. The SMILES string of the molecule is CC(C)N(C(=O)N(C(=O)c1nccn1C)c1ccccc1)C(C)C. The quantitative estimate of drug-likeness (QED) is 0.865. The number of imidazole rings is 1. The minimum Gasteiger partial charge on any atom is -0.330 e. The number of imide groups is 1. The van der Waals surface area contributed by atoms with Crippen molar-refractivity contribution in [3.63, 3.8) is 0 Å². The zero-order valence-electron chi connectivity index (χ0n) is 14.8. The molecule has 0 saturated heterocycles. The first kappa shape index (κ1) is 17.7. The van der Waals surface area contributed by atoms with Crippen LogP contribution in [0.15, 0.2) is 42.7 Å². The average molecular weight is 328 g/mol. The molecule has 0 aliphatic carbocycles. The second kappa shape index (κ2) is 7.29. The molecule has 0 unspecified atom stereocenters. The summed E-state index contributed by atoms with van der Waals surface area (Å²) in [5, 5.41) is 0. The molecule has 6 nitrogen and oxygen atoms in total. The summed E-state index contributed by atoms with van der Waals surface area (Å²) in [6, 6.07) is 8.54. The van der Waals surface area contributed by atoms with Crippen molar-refractivity contribution in [3.8, 4) is 0 Å². The van der Waals surface area contributed by atoms with Gasteiger partial charge in [0.15, 0.2) is 5.82 Å². The van der Waals surface area contributed by atoms with Crippen molar-refractivity contribution in [1.29, 1.82) is 0 Å². The third-order valence-corrected chi connectivity index (χ3v) is 3.75. The molecule has 128 valence electrons. The third-order valence-electron chi connectivity index (χ3n) is 3.75. The van der Waals surface area contributed by atoms with E-state index in [9.17, 15) is 9.59 Å². The number of urea groups is 1. The summed E-state index contributed by atoms with van der Waals surface area (Å²) in [5.41, 5.74) is 0.529. The number of rotatable bonds is 4. The van der Waals surface area contributed by atoms with Crippen LogP contribution in [0.4, 0.5) is 10.5 Å². The van der Waals surface area contributed by atoms with Crippen LogP contribution in [0.25, 0.3) is 0 Å². The molecular weight excluding hydrogens is 304 g/mol. The van der Waals surface area contributed by atoms with Gasteiger partial charge in [-0.1, -0.05) is 18.2 Å². The van der Waals surface area contributed by atoms with E-state index in [2.05, 4.69) is 4.98 Å². The molecule has 1 heterocycles. The van der Waals surface area contributed by atoms with Crippen molar-refractivity contribution in [1.82, 2.24) is 14.5 Å². The zero-order chi connectivity index (χ0) is 17.9. The fraction of sp³-hybridized carbons (Fsp3) is 0.389. The van der Waals surface area contributed by atoms with Gasteiger partial charge in [0.05, 0.1) is 5.69 Å². The van der Waals surface area contributed by atoms with Gasteiger partial charge < -0.3 is 9.47 Å². The van der Waals surface area contributed by atoms with E-state index in [1.807, 2.05) is 33.8 Å². The molecule has 2 aromatic rings. The smallest absolute Gasteiger partial charge is 0.330 e. The lowest BCUT2D eigenvalue weighted by molar-refractivity contribution is 0.0965. The normalized spacial score (nSPS) is 11.0. The van der Waals surface area contributed by atoms with E-state index in [4.69, 9.17) is 0 Å². The molecule has 0 saturated carbocycles. The number of carbonyl (C=O) groups is 2. The highest BCUT2D eigenvalue weighted by Gasteiger charge is 2.33. The van der Waals surface area contributed by atoms with Crippen LogP contribution in [0.5, 0.6) is 0 Å². The van der Waals surface area contributed by atoms with E-state index in [-0.39, 0.29) is 23.9 Å². The fourth-order valence-corrected chi connectivity index (χ4v) is 2.72. The zero-order valence-corrected chi connectivity index (χ0v) is 14.8. The van der Waals surface area contributed by atoms with Crippen molar-refractivity contribution in [2.75, 3.05) is 4.90 Å². The van der Waals surface area contributed by atoms with Gasteiger partial charge >= 0.3 is 11.9 Å². The van der Waals surface area contributed by atoms with Crippen LogP contribution in [0.3, 0.4) is 0 Å². The second-order valence-electron chi connectivity index (χ2n) is 6.22. The van der Waals surface area contributed by atoms with Crippen molar-refractivity contribution >= 4 is 17.6 Å². The Kier molecular flexibility index (Phi) is 5.39. The fourth-order valence-electron chi connectivity index (χ4n) is 2.72. The van der Waals surface area contributed by atoms with Crippen LogP contribution in [0.1, 0.15) is 38.3 Å². The summed E-state index contributed by atoms with van der Waals surface area (Å²) in [4.78, 5) is 33.2. The van der Waals surface area contributed by atoms with Crippen molar-refractivity contribution < 1.29 is 9.59 Å². The predicted octanol–water partition coefficient (Wildman–Crippen LogP) is 3.31. The molecule has 2 rings (SSSR count). The number of carbonyl (C=O) groups excluding carboxylic acids is 2. The second-order valence-corrected chi connectivity index (χ2v) is 6.22. The Balaban J connectivity index is 2.50. The number of benzene rings is 1. The summed E-state index contributed by atoms with van der Waals surface area (Å²) >= 11 is 0. The van der Waals surface area contributed by atoms with Crippen molar-refractivity contribution in [2.45, 2.75) is 39.8 Å². The lowest BCUT2D eigenvalue weighted by Gasteiger charge is -2.35. The standard InChI is InChI=1S/C18H24N4O2/c1-13(2)21(14(3)4)18(24)22(15-9-7-6-8-10-15)17(23)16-19-11-12-20(16)5/h6-14H,1-5H3. The Morgan fingerprint density at radius 3 is 2.08 bits per heavy atom. The Labute approximate surface area is 142 Å². The van der Waals surface area contributed by atoms with Gasteiger partial charge in [-0.3, -0.25) is 4.79 Å². The summed E-state index contributed by atoms with van der Waals surface area (Å²) in [6.07, 6.45) is 3.23. The first-order valence-corrected chi connectivity index (χ1v) is 8.03. The number of amides is 3. The Morgan fingerprint density at radius 1 is 1.04 bits per heavy atom. The van der Waals surface area contributed by atoms with Crippen molar-refractivity contribution in [2.24, 2.45) is 7.05 Å². The molecule has 0 radical (unpaired) electrons. The molecule has 0 aliphatic heterocycles. The molecule has 0 bridgehead atoms. The Hall–Kier alpha value is -2.63. The van der Waals surface area contributed by atoms with Crippen LogP contribution in [0.2, 0.25) is 0 Å². The number of aryl methyl sites for hydroxylation is 1. The van der Waals surface area contributed by atoms with Gasteiger partial charge in [0.2, 0.25) is 0 Å². The maximum atomic E-state index is 13.2. The number of anilines is 1. The molecule has 24 heavy (non-hydrogen) atoms. The number of hydrogen-bond donors (Lipinski definition) is 0. The molecule has 1 aromatic heterocycles. The number of aromatic nitrogens is 2. The monoisotopic (exact) mass is 328 g/mol. The largest absolute Gasteiger partial charge is 0.332 e. The lowest BCUT2D eigenvalue weighted by Crippen LogP contribution is -2.52. The van der Waals surface area contributed by atoms with Gasteiger partial charge in [-0.2, -0.15) is 0 Å². The molecule has 0 atom stereocenters. The molecule has 6 heteroatoms. The van der Waals surface area contributed by atoms with Crippen LogP contribution in [0, 0.1) is 0 Å². The van der Waals surface area contributed by atoms with Gasteiger partial charge in [0.1, 0.15) is 0 Å². The topological polar surface area (TPSA) is 58.4 Å². The minimum absolute atomic E-state index is 0.0297. The van der Waals surface area contributed by atoms with Gasteiger partial charge in [0.25, 0.3) is 0 Å². The number of nitrogens with zero attached hydrogens (tertiary/aromatic N) is 4. The highest BCUT2D eigenvalue weighted by atomic mass is 16.2. The summed E-state index contributed by atoms with van der Waals surface area (Å²) in [6.45, 7) is 7.75. The minimum atomic E-state index is -0.440. The highest BCUT2D eigenvalue weighted by Crippen LogP contribution is 2.20. The van der Waals surface area contributed by atoms with E-state index in [0.717, 1.165) is 0 Å². The van der Waals surface area contributed by atoms with E-state index >= 15 is 0 Å². The maximum Gasteiger partial charge on any atom is 0.332 e. The molecule has 3 amide bonds. The first-order valence-electron chi connectivity index (χ1n) is 8.03. The van der Waals surface area contributed by atoms with Crippen LogP contribution >= 0.6 is 0 Å². The molecule has 1 aromatic carbocycles. The Morgan fingerprint density at radius 2 is 1.62 bits per heavy atom. The summed E-state index contributed by atoms with van der Waals surface area (Å²) in [5.74, 6) is -0.218. The van der Waals surface area contributed by atoms with Crippen molar-refractivity contribution in [3.05, 3.63) is 48.5 Å². The molecule has 0 fully saturated rings. The molecule has 0 spiro atoms.